The Morgan fingerprint density at radius 2 is 2.09 bits per heavy atom. The van der Waals surface area contributed by atoms with Gasteiger partial charge in [-0.25, -0.2) is 0 Å². The third-order valence-corrected chi connectivity index (χ3v) is 5.37. The molecule has 126 valence electrons. The molecule has 0 aliphatic carbocycles. The minimum atomic E-state index is -0.990. The van der Waals surface area contributed by atoms with Crippen molar-refractivity contribution in [1.29, 1.82) is 0 Å². The van der Waals surface area contributed by atoms with Crippen LogP contribution in [0.2, 0.25) is 0 Å². The van der Waals surface area contributed by atoms with Crippen molar-refractivity contribution in [2.45, 2.75) is 19.1 Å². The highest BCUT2D eigenvalue weighted by Crippen LogP contribution is 2.28. The molecule has 9 heteroatoms. The van der Waals surface area contributed by atoms with E-state index in [9.17, 15) is 20.3 Å². The van der Waals surface area contributed by atoms with Gasteiger partial charge in [-0.1, -0.05) is 30.9 Å². The number of rotatable bonds is 6. The predicted molar refractivity (Wildman–Crippen MR) is 93.1 cm³/mol. The first-order valence-electron chi connectivity index (χ1n) is 7.17. The highest BCUT2D eigenvalue weighted by molar-refractivity contribution is 8.22. The van der Waals surface area contributed by atoms with Gasteiger partial charge >= 0.3 is 0 Å². The van der Waals surface area contributed by atoms with Gasteiger partial charge in [0.2, 0.25) is 0 Å². The van der Waals surface area contributed by atoms with E-state index in [1.807, 2.05) is 6.92 Å². The minimum Gasteiger partial charge on any atom is -0.394 e. The van der Waals surface area contributed by atoms with E-state index >= 15 is 0 Å². The van der Waals surface area contributed by atoms with Crippen LogP contribution >= 0.6 is 24.0 Å². The van der Waals surface area contributed by atoms with Gasteiger partial charge in [0, 0.05) is 12.1 Å². The van der Waals surface area contributed by atoms with Crippen molar-refractivity contribution in [3.8, 4) is 0 Å². The van der Waals surface area contributed by atoms with Crippen LogP contribution in [-0.4, -0.2) is 61.0 Å². The molecule has 0 saturated carbocycles. The summed E-state index contributed by atoms with van der Waals surface area (Å²) in [6, 6.07) is 5.10. The fourth-order valence-electron chi connectivity index (χ4n) is 2.36. The Morgan fingerprint density at radius 3 is 2.61 bits per heavy atom. The molecule has 0 amide bonds. The van der Waals surface area contributed by atoms with E-state index in [-0.39, 0.29) is 12.3 Å². The molecule has 0 unspecified atom stereocenters. The summed E-state index contributed by atoms with van der Waals surface area (Å²) in [6.45, 7) is 3.15. The molecule has 1 aliphatic rings. The Labute approximate surface area is 144 Å². The van der Waals surface area contributed by atoms with Crippen LogP contribution in [0.5, 0.6) is 0 Å². The molecule has 7 nitrogen and oxygen atoms in total. The number of non-ortho nitro benzene ring substituents is 1. The van der Waals surface area contributed by atoms with E-state index < -0.39 is 17.1 Å². The Kier molecular flexibility index (Phi) is 6.31. The molecular formula is C14H19N3O4S2. The number of hydrogen-bond acceptors (Lipinski definition) is 7. The zero-order chi connectivity index (χ0) is 17.0. The summed E-state index contributed by atoms with van der Waals surface area (Å²) in [5, 5.41) is 31.0. The SMILES string of the molecule is CCN1CSC(=S)N([C@H](CO)[C@H](O)c2ccc([N+](=O)[O-])cc2)C1. The topological polar surface area (TPSA) is 90.1 Å². The molecular weight excluding hydrogens is 338 g/mol. The molecule has 1 saturated heterocycles. The lowest BCUT2D eigenvalue weighted by Gasteiger charge is -2.42. The van der Waals surface area contributed by atoms with Gasteiger partial charge in [0.05, 0.1) is 30.1 Å². The van der Waals surface area contributed by atoms with Crippen molar-refractivity contribution in [3.05, 3.63) is 39.9 Å². The third kappa shape index (κ3) is 4.18. The van der Waals surface area contributed by atoms with Gasteiger partial charge in [-0.05, 0) is 24.2 Å². The second kappa shape index (κ2) is 8.02. The van der Waals surface area contributed by atoms with E-state index in [1.54, 1.807) is 4.90 Å². The van der Waals surface area contributed by atoms with Crippen molar-refractivity contribution in [3.63, 3.8) is 0 Å². The second-order valence-electron chi connectivity index (χ2n) is 5.18. The van der Waals surface area contributed by atoms with Crippen LogP contribution in [-0.2, 0) is 0 Å². The summed E-state index contributed by atoms with van der Waals surface area (Å²) < 4.78 is 0.634. The normalized spacial score (nSPS) is 18.7. The maximum Gasteiger partial charge on any atom is 0.269 e. The van der Waals surface area contributed by atoms with E-state index in [2.05, 4.69) is 4.90 Å². The lowest BCUT2D eigenvalue weighted by Crippen LogP contribution is -2.52. The average Bonchev–Trinajstić information content (AvgIpc) is 2.57. The molecule has 1 fully saturated rings. The van der Waals surface area contributed by atoms with Crippen molar-refractivity contribution < 1.29 is 15.1 Å². The zero-order valence-corrected chi connectivity index (χ0v) is 14.3. The van der Waals surface area contributed by atoms with Crippen molar-refractivity contribution in [1.82, 2.24) is 9.80 Å². The molecule has 0 aromatic heterocycles. The molecule has 1 aromatic rings. The van der Waals surface area contributed by atoms with Gasteiger partial charge in [-0.15, -0.1) is 0 Å². The van der Waals surface area contributed by atoms with E-state index in [0.29, 0.717) is 16.6 Å². The summed E-state index contributed by atoms with van der Waals surface area (Å²) in [4.78, 5) is 14.2. The largest absolute Gasteiger partial charge is 0.394 e. The summed E-state index contributed by atoms with van der Waals surface area (Å²) in [7, 11) is 0. The summed E-state index contributed by atoms with van der Waals surface area (Å²) in [6.07, 6.45) is -0.990. The Balaban J connectivity index is 2.18. The van der Waals surface area contributed by atoms with Crippen molar-refractivity contribution in [2.24, 2.45) is 0 Å². The molecule has 23 heavy (non-hydrogen) atoms. The lowest BCUT2D eigenvalue weighted by molar-refractivity contribution is -0.384. The molecule has 0 radical (unpaired) electrons. The van der Waals surface area contributed by atoms with E-state index in [4.69, 9.17) is 12.2 Å². The summed E-state index contributed by atoms with van der Waals surface area (Å²) in [5.74, 6) is 0.789. The fourth-order valence-corrected chi connectivity index (χ4v) is 3.63. The van der Waals surface area contributed by atoms with Gasteiger partial charge in [0.1, 0.15) is 10.4 Å². The van der Waals surface area contributed by atoms with Crippen LogP contribution in [0.25, 0.3) is 0 Å². The minimum absolute atomic E-state index is 0.0392. The monoisotopic (exact) mass is 357 g/mol. The van der Waals surface area contributed by atoms with E-state index in [0.717, 1.165) is 12.4 Å². The highest BCUT2D eigenvalue weighted by Gasteiger charge is 2.32. The van der Waals surface area contributed by atoms with Crippen LogP contribution in [0.15, 0.2) is 24.3 Å². The molecule has 1 aromatic carbocycles. The van der Waals surface area contributed by atoms with E-state index in [1.165, 1.54) is 36.0 Å². The Morgan fingerprint density at radius 1 is 1.43 bits per heavy atom. The van der Waals surface area contributed by atoms with Crippen LogP contribution in [0.1, 0.15) is 18.6 Å². The maximum absolute atomic E-state index is 10.7. The molecule has 2 rings (SSSR count). The molecule has 0 spiro atoms. The maximum atomic E-state index is 10.7. The quantitative estimate of drug-likeness (QED) is 0.450. The molecule has 1 heterocycles. The number of nitro benzene ring substituents is 1. The summed E-state index contributed by atoms with van der Waals surface area (Å²) in [5.41, 5.74) is 0.471. The first-order valence-corrected chi connectivity index (χ1v) is 8.56. The number of aliphatic hydroxyl groups excluding tert-OH is 2. The number of thioether (sulfide) groups is 1. The molecule has 2 N–H and O–H groups in total. The standard InChI is InChI=1S/C14H19N3O4S2/c1-2-15-8-16(14(22)23-9-15)12(7-18)13(19)10-3-5-11(6-4-10)17(20)21/h3-6,12-13,18-19H,2,7-9H2,1H3/t12-,13-/m1/s1. The number of benzene rings is 1. The van der Waals surface area contributed by atoms with Crippen LogP contribution < -0.4 is 0 Å². The van der Waals surface area contributed by atoms with Crippen molar-refractivity contribution >= 4 is 34.0 Å². The van der Waals surface area contributed by atoms with Gasteiger partial charge < -0.3 is 15.1 Å². The first-order chi connectivity index (χ1) is 11.0. The van der Waals surface area contributed by atoms with Crippen molar-refractivity contribution in [2.75, 3.05) is 25.7 Å². The number of nitrogens with zero attached hydrogens (tertiary/aromatic N) is 3. The van der Waals surface area contributed by atoms with Gasteiger partial charge in [0.25, 0.3) is 5.69 Å². The van der Waals surface area contributed by atoms with Gasteiger partial charge in [-0.3, -0.25) is 15.0 Å². The predicted octanol–water partition coefficient (Wildman–Crippen LogP) is 1.56. The number of aliphatic hydroxyl groups is 2. The third-order valence-electron chi connectivity index (χ3n) is 3.80. The smallest absolute Gasteiger partial charge is 0.269 e. The van der Waals surface area contributed by atoms with Gasteiger partial charge in [-0.2, -0.15) is 0 Å². The first kappa shape index (κ1) is 18.1. The zero-order valence-electron chi connectivity index (χ0n) is 12.7. The molecule has 2 atom stereocenters. The Bertz CT molecular complexity index is 570. The fraction of sp³-hybridized carbons (Fsp3) is 0.500. The van der Waals surface area contributed by atoms with Crippen LogP contribution in [0.4, 0.5) is 5.69 Å². The number of thiocarbonyl (C=S) groups is 1. The van der Waals surface area contributed by atoms with Crippen LogP contribution in [0.3, 0.4) is 0 Å². The number of nitro groups is 1. The molecule has 0 bridgehead atoms. The average molecular weight is 357 g/mol. The molecule has 1 aliphatic heterocycles. The van der Waals surface area contributed by atoms with Gasteiger partial charge in [0.15, 0.2) is 0 Å². The highest BCUT2D eigenvalue weighted by atomic mass is 32.2. The lowest BCUT2D eigenvalue weighted by atomic mass is 10.0. The summed E-state index contributed by atoms with van der Waals surface area (Å²) >= 11 is 6.84. The Hall–Kier alpha value is -1.26. The second-order valence-corrected chi connectivity index (χ2v) is 6.76. The number of hydrogen-bond donors (Lipinski definition) is 2. The van der Waals surface area contributed by atoms with Crippen LogP contribution in [0, 0.1) is 10.1 Å².